The molecule has 68 valence electrons. The van der Waals surface area contributed by atoms with Crippen LogP contribution in [0.5, 0.6) is 0 Å². The minimum Gasteiger partial charge on any atom is -0.392 e. The van der Waals surface area contributed by atoms with Crippen molar-refractivity contribution in [1.29, 1.82) is 0 Å². The number of hydrogen-bond acceptors (Lipinski definition) is 1. The summed E-state index contributed by atoms with van der Waals surface area (Å²) in [5.41, 5.74) is 2.87. The number of rotatable bonds is 2. The molecule has 0 radical (unpaired) electrons. The molecule has 0 heterocycles. The quantitative estimate of drug-likeness (QED) is 0.625. The van der Waals surface area contributed by atoms with Crippen molar-refractivity contribution in [3.63, 3.8) is 0 Å². The van der Waals surface area contributed by atoms with E-state index in [1.165, 1.54) is 24.0 Å². The van der Waals surface area contributed by atoms with Crippen LogP contribution < -0.4 is 0 Å². The third-order valence-electron chi connectivity index (χ3n) is 2.70. The standard InChI is InChI=1S/C11H18O/c1-9-3-5-11(6-4-9)10(2)7-8-12/h3,7,11-12H,4-6,8H2,1-2H3/b10-7+/t11-/m0/s1. The van der Waals surface area contributed by atoms with Gasteiger partial charge >= 0.3 is 0 Å². The molecule has 0 aliphatic heterocycles. The molecule has 0 saturated carbocycles. The molecule has 12 heavy (non-hydrogen) atoms. The molecular formula is C11H18O. The molecule has 0 spiro atoms. The van der Waals surface area contributed by atoms with E-state index in [9.17, 15) is 0 Å². The summed E-state index contributed by atoms with van der Waals surface area (Å²) >= 11 is 0. The van der Waals surface area contributed by atoms with Gasteiger partial charge in [0.05, 0.1) is 6.61 Å². The fraction of sp³-hybridized carbons (Fsp3) is 0.636. The van der Waals surface area contributed by atoms with Crippen LogP contribution in [0.25, 0.3) is 0 Å². The highest BCUT2D eigenvalue weighted by atomic mass is 16.2. The van der Waals surface area contributed by atoms with Crippen LogP contribution in [-0.2, 0) is 0 Å². The zero-order valence-electron chi connectivity index (χ0n) is 8.01. The summed E-state index contributed by atoms with van der Waals surface area (Å²) in [5.74, 6) is 0.681. The largest absolute Gasteiger partial charge is 0.392 e. The summed E-state index contributed by atoms with van der Waals surface area (Å²) in [6.45, 7) is 4.50. The SMILES string of the molecule is CC1=CC[C@H](/C(C)=C/CO)CC1. The summed E-state index contributed by atoms with van der Waals surface area (Å²) < 4.78 is 0. The first-order valence-electron chi connectivity index (χ1n) is 4.67. The van der Waals surface area contributed by atoms with E-state index >= 15 is 0 Å². The predicted octanol–water partition coefficient (Wildman–Crippen LogP) is 2.67. The molecule has 0 saturated heterocycles. The zero-order chi connectivity index (χ0) is 8.97. The molecule has 0 aromatic heterocycles. The van der Waals surface area contributed by atoms with Crippen LogP contribution in [0.4, 0.5) is 0 Å². The van der Waals surface area contributed by atoms with Crippen LogP contribution in [0.3, 0.4) is 0 Å². The second-order valence-electron chi connectivity index (χ2n) is 3.65. The van der Waals surface area contributed by atoms with Crippen molar-refractivity contribution in [2.24, 2.45) is 5.92 Å². The number of aliphatic hydroxyl groups excluding tert-OH is 1. The van der Waals surface area contributed by atoms with Gasteiger partial charge in [-0.3, -0.25) is 0 Å². The summed E-state index contributed by atoms with van der Waals surface area (Å²) in [5, 5.41) is 8.73. The van der Waals surface area contributed by atoms with Crippen LogP contribution in [0.2, 0.25) is 0 Å². The summed E-state index contributed by atoms with van der Waals surface area (Å²) in [7, 11) is 0. The summed E-state index contributed by atoms with van der Waals surface area (Å²) in [6.07, 6.45) is 7.89. The van der Waals surface area contributed by atoms with E-state index in [4.69, 9.17) is 5.11 Å². The van der Waals surface area contributed by atoms with Crippen molar-refractivity contribution in [2.75, 3.05) is 6.61 Å². The summed E-state index contributed by atoms with van der Waals surface area (Å²) in [6, 6.07) is 0. The van der Waals surface area contributed by atoms with Gasteiger partial charge in [-0.25, -0.2) is 0 Å². The van der Waals surface area contributed by atoms with E-state index in [2.05, 4.69) is 19.9 Å². The predicted molar refractivity (Wildman–Crippen MR) is 51.9 cm³/mol. The molecule has 1 heteroatoms. The van der Waals surface area contributed by atoms with Crippen LogP contribution >= 0.6 is 0 Å². The number of aliphatic hydroxyl groups is 1. The van der Waals surface area contributed by atoms with Gasteiger partial charge in [-0.1, -0.05) is 23.3 Å². The molecular weight excluding hydrogens is 148 g/mol. The van der Waals surface area contributed by atoms with Crippen molar-refractivity contribution in [3.05, 3.63) is 23.3 Å². The lowest BCUT2D eigenvalue weighted by molar-refractivity contribution is 0.340. The lowest BCUT2D eigenvalue weighted by Gasteiger charge is -2.20. The van der Waals surface area contributed by atoms with Gasteiger partial charge in [-0.05, 0) is 39.0 Å². The van der Waals surface area contributed by atoms with Gasteiger partial charge in [-0.2, -0.15) is 0 Å². The van der Waals surface area contributed by atoms with Crippen LogP contribution in [0.1, 0.15) is 33.1 Å². The average Bonchev–Trinajstić information content (AvgIpc) is 2.06. The van der Waals surface area contributed by atoms with E-state index in [1.807, 2.05) is 6.08 Å². The van der Waals surface area contributed by atoms with Gasteiger partial charge in [0.1, 0.15) is 0 Å². The van der Waals surface area contributed by atoms with Crippen LogP contribution in [0.15, 0.2) is 23.3 Å². The maximum absolute atomic E-state index is 8.73. The first-order valence-corrected chi connectivity index (χ1v) is 4.67. The molecule has 1 atom stereocenters. The van der Waals surface area contributed by atoms with Crippen molar-refractivity contribution >= 4 is 0 Å². The first kappa shape index (κ1) is 9.53. The molecule has 1 rings (SSSR count). The van der Waals surface area contributed by atoms with E-state index < -0.39 is 0 Å². The fourth-order valence-electron chi connectivity index (χ4n) is 1.69. The maximum Gasteiger partial charge on any atom is 0.0615 e. The van der Waals surface area contributed by atoms with Gasteiger partial charge in [0, 0.05) is 0 Å². The Morgan fingerprint density at radius 3 is 3.00 bits per heavy atom. The smallest absolute Gasteiger partial charge is 0.0615 e. The first-order chi connectivity index (χ1) is 5.74. The van der Waals surface area contributed by atoms with E-state index in [0.29, 0.717) is 5.92 Å². The minimum atomic E-state index is 0.186. The molecule has 0 amide bonds. The van der Waals surface area contributed by atoms with Crippen LogP contribution in [0, 0.1) is 5.92 Å². The second kappa shape index (κ2) is 4.46. The van der Waals surface area contributed by atoms with Gasteiger partial charge in [0.25, 0.3) is 0 Å². The van der Waals surface area contributed by atoms with Crippen molar-refractivity contribution in [1.82, 2.24) is 0 Å². The van der Waals surface area contributed by atoms with Gasteiger partial charge in [-0.15, -0.1) is 0 Å². The highest BCUT2D eigenvalue weighted by Gasteiger charge is 2.13. The van der Waals surface area contributed by atoms with Gasteiger partial charge in [0.2, 0.25) is 0 Å². The molecule has 0 unspecified atom stereocenters. The lowest BCUT2D eigenvalue weighted by atomic mass is 9.85. The van der Waals surface area contributed by atoms with Gasteiger partial charge < -0.3 is 5.11 Å². The molecule has 1 aliphatic rings. The summed E-state index contributed by atoms with van der Waals surface area (Å²) in [4.78, 5) is 0. The van der Waals surface area contributed by atoms with Crippen molar-refractivity contribution < 1.29 is 5.11 Å². The second-order valence-corrected chi connectivity index (χ2v) is 3.65. The molecule has 0 bridgehead atoms. The Labute approximate surface area is 74.8 Å². The van der Waals surface area contributed by atoms with Gasteiger partial charge in [0.15, 0.2) is 0 Å². The number of hydrogen-bond donors (Lipinski definition) is 1. The molecule has 0 aromatic rings. The fourth-order valence-corrected chi connectivity index (χ4v) is 1.69. The van der Waals surface area contributed by atoms with E-state index in [0.717, 1.165) is 6.42 Å². The molecule has 1 nitrogen and oxygen atoms in total. The van der Waals surface area contributed by atoms with E-state index in [1.54, 1.807) is 0 Å². The molecule has 0 aromatic carbocycles. The lowest BCUT2D eigenvalue weighted by Crippen LogP contribution is -2.06. The Hall–Kier alpha value is -0.560. The average molecular weight is 166 g/mol. The zero-order valence-corrected chi connectivity index (χ0v) is 8.01. The minimum absolute atomic E-state index is 0.186. The molecule has 0 fully saturated rings. The monoisotopic (exact) mass is 166 g/mol. The number of allylic oxidation sites excluding steroid dienone is 3. The molecule has 1 aliphatic carbocycles. The highest BCUT2D eigenvalue weighted by molar-refractivity contribution is 5.12. The maximum atomic E-state index is 8.73. The van der Waals surface area contributed by atoms with Crippen molar-refractivity contribution in [2.45, 2.75) is 33.1 Å². The Kier molecular flexibility index (Phi) is 3.54. The molecule has 1 N–H and O–H groups in total. The highest BCUT2D eigenvalue weighted by Crippen LogP contribution is 2.28. The Morgan fingerprint density at radius 1 is 1.75 bits per heavy atom. The Balaban J connectivity index is 2.51. The topological polar surface area (TPSA) is 20.2 Å². The Bertz CT molecular complexity index is 201. The van der Waals surface area contributed by atoms with Crippen LogP contribution in [-0.4, -0.2) is 11.7 Å². The Morgan fingerprint density at radius 2 is 2.50 bits per heavy atom. The van der Waals surface area contributed by atoms with E-state index in [-0.39, 0.29) is 6.61 Å². The third kappa shape index (κ3) is 2.49. The van der Waals surface area contributed by atoms with Crippen molar-refractivity contribution in [3.8, 4) is 0 Å². The third-order valence-corrected chi connectivity index (χ3v) is 2.70. The normalized spacial score (nSPS) is 25.4.